The van der Waals surface area contributed by atoms with Crippen molar-refractivity contribution in [1.29, 1.82) is 0 Å². The molecule has 0 unspecified atom stereocenters. The van der Waals surface area contributed by atoms with E-state index in [1.807, 2.05) is 34.7 Å². The third-order valence-electron chi connectivity index (χ3n) is 8.11. The first-order chi connectivity index (χ1) is 23.5. The van der Waals surface area contributed by atoms with E-state index >= 15 is 0 Å². The summed E-state index contributed by atoms with van der Waals surface area (Å²) < 4.78 is 29.1. The van der Waals surface area contributed by atoms with Crippen LogP contribution in [-0.2, 0) is 43.3 Å². The second-order valence-electron chi connectivity index (χ2n) is 11.5. The average Bonchev–Trinajstić information content (AvgIpc) is 3.66. The number of carbonyl (C=O) groups is 1. The number of benzene rings is 2. The number of carbonyl (C=O) groups excluding carboxylic acids is 1. The van der Waals surface area contributed by atoms with Gasteiger partial charge in [-0.05, 0) is 41.3 Å². The molecular formula is C34H41N7O7. The summed E-state index contributed by atoms with van der Waals surface area (Å²) in [4.78, 5) is 28.0. The molecule has 254 valence electrons. The standard InChI is InChI=1S/C34H41N7O7/c1-23-38-28-19-26(4-5-29(28)48-23)32-31-33(35)36-22-37-34(31)41(39-32)20-24-2-3-27-21-40(8-6-25(27)18-24)30(43)7-10-44-12-14-46-16-17-47-15-13-45-11-9-42/h2-5,18-19,22,42H,6-17,20-21H2,1H3,(H2,35,36,37). The lowest BCUT2D eigenvalue weighted by Gasteiger charge is -2.29. The van der Waals surface area contributed by atoms with Gasteiger partial charge in [0.15, 0.2) is 17.1 Å². The van der Waals surface area contributed by atoms with E-state index in [0.29, 0.717) is 113 Å². The third kappa shape index (κ3) is 8.14. The highest BCUT2D eigenvalue weighted by Crippen LogP contribution is 2.32. The number of aromatic nitrogens is 5. The zero-order chi connectivity index (χ0) is 33.3. The predicted octanol–water partition coefficient (Wildman–Crippen LogP) is 2.91. The summed E-state index contributed by atoms with van der Waals surface area (Å²) in [7, 11) is 0. The molecule has 1 aliphatic rings. The highest BCUT2D eigenvalue weighted by atomic mass is 16.6. The SMILES string of the molecule is Cc1nc2cc(-c3nn(Cc4ccc5c(c4)CCN(C(=O)CCOCCOCCOCCOCCO)C5)c4ncnc(N)c34)ccc2o1. The molecule has 0 atom stereocenters. The minimum absolute atomic E-state index is 0.00860. The summed E-state index contributed by atoms with van der Waals surface area (Å²) in [6.07, 6.45) is 2.56. The van der Waals surface area contributed by atoms with Gasteiger partial charge in [-0.15, -0.1) is 0 Å². The maximum absolute atomic E-state index is 12.9. The van der Waals surface area contributed by atoms with Crippen LogP contribution in [0.1, 0.15) is 29.0 Å². The molecular weight excluding hydrogens is 618 g/mol. The number of nitrogens with zero attached hydrogens (tertiary/aromatic N) is 6. The number of fused-ring (bicyclic) bond motifs is 3. The quantitative estimate of drug-likeness (QED) is 0.140. The Morgan fingerprint density at radius 2 is 1.69 bits per heavy atom. The molecule has 0 radical (unpaired) electrons. The fourth-order valence-corrected chi connectivity index (χ4v) is 5.77. The number of rotatable bonds is 17. The van der Waals surface area contributed by atoms with Gasteiger partial charge in [0.2, 0.25) is 5.91 Å². The molecule has 14 heteroatoms. The van der Waals surface area contributed by atoms with Crippen molar-refractivity contribution in [2.45, 2.75) is 32.9 Å². The molecule has 0 spiro atoms. The highest BCUT2D eigenvalue weighted by molar-refractivity contribution is 5.99. The first kappa shape index (κ1) is 33.4. The van der Waals surface area contributed by atoms with Gasteiger partial charge in [-0.1, -0.05) is 18.2 Å². The molecule has 1 amide bonds. The molecule has 1 aliphatic heterocycles. The van der Waals surface area contributed by atoms with Gasteiger partial charge in [-0.2, -0.15) is 5.10 Å². The summed E-state index contributed by atoms with van der Waals surface area (Å²) in [5, 5.41) is 14.3. The lowest BCUT2D eigenvalue weighted by atomic mass is 9.97. The minimum atomic E-state index is 0.00860. The molecule has 0 aliphatic carbocycles. The fourth-order valence-electron chi connectivity index (χ4n) is 5.77. The van der Waals surface area contributed by atoms with Crippen molar-refractivity contribution >= 4 is 33.9 Å². The van der Waals surface area contributed by atoms with Crippen LogP contribution in [0.25, 0.3) is 33.4 Å². The van der Waals surface area contributed by atoms with E-state index in [1.54, 1.807) is 0 Å². The van der Waals surface area contributed by atoms with Crippen LogP contribution in [0.5, 0.6) is 0 Å². The predicted molar refractivity (Wildman–Crippen MR) is 177 cm³/mol. The number of aryl methyl sites for hydroxylation is 1. The van der Waals surface area contributed by atoms with Crippen molar-refractivity contribution in [3.63, 3.8) is 0 Å². The molecule has 3 N–H and O–H groups in total. The van der Waals surface area contributed by atoms with Crippen LogP contribution in [0.4, 0.5) is 5.82 Å². The lowest BCUT2D eigenvalue weighted by molar-refractivity contribution is -0.133. The maximum Gasteiger partial charge on any atom is 0.225 e. The first-order valence-corrected chi connectivity index (χ1v) is 16.1. The van der Waals surface area contributed by atoms with E-state index in [2.05, 4.69) is 33.2 Å². The molecule has 14 nitrogen and oxygen atoms in total. The van der Waals surface area contributed by atoms with E-state index in [4.69, 9.17) is 39.3 Å². The average molecular weight is 660 g/mol. The van der Waals surface area contributed by atoms with Gasteiger partial charge in [0.05, 0.1) is 77.8 Å². The topological polar surface area (TPSA) is 173 Å². The fraction of sp³-hybridized carbons (Fsp3) is 0.441. The molecule has 5 aromatic rings. The normalized spacial score (nSPS) is 13.1. The number of oxazole rings is 1. The Morgan fingerprint density at radius 1 is 0.938 bits per heavy atom. The van der Waals surface area contributed by atoms with Crippen molar-refractivity contribution < 1.29 is 33.3 Å². The van der Waals surface area contributed by atoms with E-state index in [1.165, 1.54) is 11.9 Å². The van der Waals surface area contributed by atoms with Crippen LogP contribution in [0.15, 0.2) is 47.1 Å². The van der Waals surface area contributed by atoms with E-state index < -0.39 is 0 Å². The van der Waals surface area contributed by atoms with Crippen molar-refractivity contribution in [3.05, 3.63) is 65.3 Å². The molecule has 4 heterocycles. The van der Waals surface area contributed by atoms with Crippen LogP contribution in [-0.4, -0.2) is 107 Å². The zero-order valence-corrected chi connectivity index (χ0v) is 27.1. The summed E-state index contributed by atoms with van der Waals surface area (Å²) in [5.41, 5.74) is 13.5. The summed E-state index contributed by atoms with van der Waals surface area (Å²) in [6, 6.07) is 12.1. The monoisotopic (exact) mass is 659 g/mol. The van der Waals surface area contributed by atoms with Crippen LogP contribution < -0.4 is 5.73 Å². The Kier molecular flexibility index (Phi) is 11.2. The van der Waals surface area contributed by atoms with Gasteiger partial charge in [0.1, 0.15) is 23.4 Å². The van der Waals surface area contributed by atoms with Crippen molar-refractivity contribution in [2.24, 2.45) is 0 Å². The van der Waals surface area contributed by atoms with Gasteiger partial charge < -0.3 is 39.1 Å². The van der Waals surface area contributed by atoms with Gasteiger partial charge in [-0.25, -0.2) is 19.6 Å². The van der Waals surface area contributed by atoms with Gasteiger partial charge in [0.25, 0.3) is 0 Å². The van der Waals surface area contributed by atoms with Crippen LogP contribution in [0.3, 0.4) is 0 Å². The minimum Gasteiger partial charge on any atom is -0.441 e. The molecule has 3 aromatic heterocycles. The summed E-state index contributed by atoms with van der Waals surface area (Å²) >= 11 is 0. The second-order valence-corrected chi connectivity index (χ2v) is 11.5. The maximum atomic E-state index is 12.9. The van der Waals surface area contributed by atoms with E-state index in [9.17, 15) is 4.79 Å². The van der Waals surface area contributed by atoms with Gasteiger partial charge in [-0.3, -0.25) is 4.79 Å². The largest absolute Gasteiger partial charge is 0.441 e. The molecule has 6 rings (SSSR count). The second kappa shape index (κ2) is 16.1. The number of ether oxygens (including phenoxy) is 4. The van der Waals surface area contributed by atoms with E-state index in [-0.39, 0.29) is 12.5 Å². The number of nitrogens with two attached hydrogens (primary N) is 1. The Bertz CT molecular complexity index is 1840. The number of amides is 1. The van der Waals surface area contributed by atoms with Crippen molar-refractivity contribution in [2.75, 3.05) is 71.7 Å². The molecule has 0 bridgehead atoms. The van der Waals surface area contributed by atoms with Crippen LogP contribution in [0.2, 0.25) is 0 Å². The van der Waals surface area contributed by atoms with Crippen LogP contribution in [0, 0.1) is 6.92 Å². The van der Waals surface area contributed by atoms with Gasteiger partial charge >= 0.3 is 0 Å². The zero-order valence-electron chi connectivity index (χ0n) is 27.1. The number of hydrogen-bond acceptors (Lipinski definition) is 12. The van der Waals surface area contributed by atoms with E-state index in [0.717, 1.165) is 28.6 Å². The molecule has 0 saturated carbocycles. The van der Waals surface area contributed by atoms with Crippen molar-refractivity contribution in [1.82, 2.24) is 29.6 Å². The highest BCUT2D eigenvalue weighted by Gasteiger charge is 2.22. The van der Waals surface area contributed by atoms with Gasteiger partial charge in [0, 0.05) is 25.6 Å². The number of aliphatic hydroxyl groups is 1. The Morgan fingerprint density at radius 3 is 2.46 bits per heavy atom. The number of aliphatic hydroxyl groups excluding tert-OH is 1. The molecule has 2 aromatic carbocycles. The molecule has 0 saturated heterocycles. The number of anilines is 1. The van der Waals surface area contributed by atoms with Crippen LogP contribution >= 0.6 is 0 Å². The molecule has 0 fully saturated rings. The summed E-state index contributed by atoms with van der Waals surface area (Å²) in [5.74, 6) is 1.05. The third-order valence-corrected chi connectivity index (χ3v) is 8.11. The number of hydrogen-bond donors (Lipinski definition) is 2. The Labute approximate surface area is 277 Å². The van der Waals surface area contributed by atoms with Crippen molar-refractivity contribution in [3.8, 4) is 11.3 Å². The molecule has 48 heavy (non-hydrogen) atoms. The lowest BCUT2D eigenvalue weighted by Crippen LogP contribution is -2.36. The summed E-state index contributed by atoms with van der Waals surface area (Å²) in [6.45, 7) is 6.92. The smallest absolute Gasteiger partial charge is 0.225 e. The Balaban J connectivity index is 0.993. The Hall–Kier alpha value is -4.47. The number of nitrogen functional groups attached to an aromatic ring is 1. The first-order valence-electron chi connectivity index (χ1n) is 16.1.